The van der Waals surface area contributed by atoms with E-state index in [1.165, 1.54) is 36.2 Å². The van der Waals surface area contributed by atoms with Crippen LogP contribution in [0, 0.1) is 6.92 Å². The smallest absolute Gasteiger partial charge is 0.0431 e. The number of rotatable bonds is 2. The third-order valence-corrected chi connectivity index (χ3v) is 3.35. The molecule has 1 heterocycles. The van der Waals surface area contributed by atoms with Gasteiger partial charge < -0.3 is 4.90 Å². The summed E-state index contributed by atoms with van der Waals surface area (Å²) in [5, 5.41) is 0. The Morgan fingerprint density at radius 3 is 2.93 bits per heavy atom. The second-order valence-electron chi connectivity index (χ2n) is 4.28. The molecular formula is C13H19N. The zero-order valence-electron chi connectivity index (χ0n) is 9.38. The molecule has 0 fully saturated rings. The van der Waals surface area contributed by atoms with Crippen molar-refractivity contribution in [3.05, 3.63) is 29.3 Å². The average Bonchev–Trinajstić information content (AvgIpc) is 2.62. The summed E-state index contributed by atoms with van der Waals surface area (Å²) in [6.07, 6.45) is 2.45. The van der Waals surface area contributed by atoms with E-state index in [1.54, 1.807) is 0 Å². The van der Waals surface area contributed by atoms with Gasteiger partial charge in [-0.25, -0.2) is 0 Å². The van der Waals surface area contributed by atoms with E-state index < -0.39 is 0 Å². The van der Waals surface area contributed by atoms with Crippen LogP contribution < -0.4 is 4.90 Å². The van der Waals surface area contributed by atoms with Gasteiger partial charge in [-0.1, -0.05) is 25.1 Å². The summed E-state index contributed by atoms with van der Waals surface area (Å²) in [6.45, 7) is 8.01. The Morgan fingerprint density at radius 1 is 1.43 bits per heavy atom. The van der Waals surface area contributed by atoms with E-state index in [0.29, 0.717) is 6.04 Å². The van der Waals surface area contributed by atoms with Gasteiger partial charge in [-0.2, -0.15) is 0 Å². The highest BCUT2D eigenvalue weighted by atomic mass is 15.2. The predicted octanol–water partition coefficient (Wildman–Crippen LogP) is 3.16. The molecule has 76 valence electrons. The molecule has 1 unspecified atom stereocenters. The van der Waals surface area contributed by atoms with Crippen LogP contribution in [0.1, 0.15) is 31.4 Å². The van der Waals surface area contributed by atoms with Gasteiger partial charge in [0.1, 0.15) is 0 Å². The molecule has 0 saturated heterocycles. The summed E-state index contributed by atoms with van der Waals surface area (Å²) in [6, 6.07) is 7.34. The van der Waals surface area contributed by atoms with Crippen LogP contribution >= 0.6 is 0 Å². The van der Waals surface area contributed by atoms with Crippen molar-refractivity contribution in [1.29, 1.82) is 0 Å². The van der Waals surface area contributed by atoms with Gasteiger partial charge >= 0.3 is 0 Å². The van der Waals surface area contributed by atoms with E-state index in [9.17, 15) is 0 Å². The van der Waals surface area contributed by atoms with Crippen LogP contribution in [0.2, 0.25) is 0 Å². The Balaban J connectivity index is 2.38. The molecule has 14 heavy (non-hydrogen) atoms. The van der Waals surface area contributed by atoms with Crippen LogP contribution in [0.4, 0.5) is 5.69 Å². The summed E-state index contributed by atoms with van der Waals surface area (Å²) >= 11 is 0. The normalized spacial score (nSPS) is 16.9. The fourth-order valence-corrected chi connectivity index (χ4v) is 2.35. The first kappa shape index (κ1) is 9.57. The van der Waals surface area contributed by atoms with Crippen LogP contribution in [-0.4, -0.2) is 12.6 Å². The monoisotopic (exact) mass is 189 g/mol. The van der Waals surface area contributed by atoms with Gasteiger partial charge in [0.05, 0.1) is 0 Å². The van der Waals surface area contributed by atoms with Gasteiger partial charge in [-0.3, -0.25) is 0 Å². The van der Waals surface area contributed by atoms with E-state index in [-0.39, 0.29) is 0 Å². The van der Waals surface area contributed by atoms with Crippen LogP contribution in [0.25, 0.3) is 0 Å². The van der Waals surface area contributed by atoms with Crippen molar-refractivity contribution in [3.63, 3.8) is 0 Å². The molecule has 0 N–H and O–H groups in total. The molecule has 1 heteroatoms. The highest BCUT2D eigenvalue weighted by Gasteiger charge is 2.23. The summed E-state index contributed by atoms with van der Waals surface area (Å²) in [5.41, 5.74) is 4.47. The molecule has 1 aromatic rings. The molecule has 0 aliphatic carbocycles. The summed E-state index contributed by atoms with van der Waals surface area (Å²) in [4.78, 5) is 2.56. The molecule has 1 aliphatic heterocycles. The molecule has 0 amide bonds. The number of aryl methyl sites for hydroxylation is 1. The third kappa shape index (κ3) is 1.41. The molecule has 1 aliphatic rings. The molecule has 0 spiro atoms. The summed E-state index contributed by atoms with van der Waals surface area (Å²) < 4.78 is 0. The van der Waals surface area contributed by atoms with Gasteiger partial charge in [0.2, 0.25) is 0 Å². The number of para-hydroxylation sites is 1. The first-order valence-corrected chi connectivity index (χ1v) is 5.59. The van der Waals surface area contributed by atoms with Crippen molar-refractivity contribution in [2.24, 2.45) is 0 Å². The van der Waals surface area contributed by atoms with Gasteiger partial charge in [-0.05, 0) is 37.8 Å². The van der Waals surface area contributed by atoms with E-state index in [0.717, 1.165) is 0 Å². The van der Waals surface area contributed by atoms with Crippen LogP contribution in [0.3, 0.4) is 0 Å². The summed E-state index contributed by atoms with van der Waals surface area (Å²) in [7, 11) is 0. The SMILES string of the molecule is CCC(C)N1CCc2cccc(C)c21. The average molecular weight is 189 g/mol. The molecule has 1 atom stereocenters. The summed E-state index contributed by atoms with van der Waals surface area (Å²) in [5.74, 6) is 0. The van der Waals surface area contributed by atoms with Crippen LogP contribution in [0.15, 0.2) is 18.2 Å². The fraction of sp³-hybridized carbons (Fsp3) is 0.538. The maximum absolute atomic E-state index is 2.56. The minimum Gasteiger partial charge on any atom is -0.368 e. The number of anilines is 1. The second-order valence-corrected chi connectivity index (χ2v) is 4.28. The molecule has 1 nitrogen and oxygen atoms in total. The standard InChI is InChI=1S/C13H19N/c1-4-11(3)14-9-8-12-7-5-6-10(2)13(12)14/h5-7,11H,4,8-9H2,1-3H3. The van der Waals surface area contributed by atoms with E-state index >= 15 is 0 Å². The van der Waals surface area contributed by atoms with Crippen molar-refractivity contribution in [1.82, 2.24) is 0 Å². The fourth-order valence-electron chi connectivity index (χ4n) is 2.35. The lowest BCUT2D eigenvalue weighted by atomic mass is 10.1. The zero-order chi connectivity index (χ0) is 10.1. The zero-order valence-corrected chi connectivity index (χ0v) is 9.38. The van der Waals surface area contributed by atoms with Crippen LogP contribution in [-0.2, 0) is 6.42 Å². The Hall–Kier alpha value is -0.980. The van der Waals surface area contributed by atoms with Crippen molar-refractivity contribution < 1.29 is 0 Å². The van der Waals surface area contributed by atoms with Gasteiger partial charge in [0.25, 0.3) is 0 Å². The Bertz CT molecular complexity index is 330. The minimum absolute atomic E-state index is 0.678. The van der Waals surface area contributed by atoms with Crippen molar-refractivity contribution >= 4 is 5.69 Å². The topological polar surface area (TPSA) is 3.24 Å². The minimum atomic E-state index is 0.678. The Kier molecular flexibility index (Phi) is 2.49. The first-order valence-electron chi connectivity index (χ1n) is 5.59. The Morgan fingerprint density at radius 2 is 2.21 bits per heavy atom. The molecule has 1 aromatic carbocycles. The molecule has 0 aromatic heterocycles. The molecule has 0 radical (unpaired) electrons. The molecule has 0 bridgehead atoms. The van der Waals surface area contributed by atoms with Crippen molar-refractivity contribution in [2.75, 3.05) is 11.4 Å². The van der Waals surface area contributed by atoms with Crippen LogP contribution in [0.5, 0.6) is 0 Å². The van der Waals surface area contributed by atoms with Gasteiger partial charge in [-0.15, -0.1) is 0 Å². The largest absolute Gasteiger partial charge is 0.368 e. The maximum Gasteiger partial charge on any atom is 0.0431 e. The number of hydrogen-bond donors (Lipinski definition) is 0. The predicted molar refractivity (Wildman–Crippen MR) is 62.0 cm³/mol. The second kappa shape index (κ2) is 3.64. The molecule has 2 rings (SSSR count). The quantitative estimate of drug-likeness (QED) is 0.690. The lowest BCUT2D eigenvalue weighted by Gasteiger charge is -2.27. The third-order valence-electron chi connectivity index (χ3n) is 3.35. The number of hydrogen-bond acceptors (Lipinski definition) is 1. The Labute approximate surface area is 86.7 Å². The highest BCUT2D eigenvalue weighted by molar-refractivity contribution is 5.63. The molecule has 0 saturated carbocycles. The number of benzene rings is 1. The number of nitrogens with zero attached hydrogens (tertiary/aromatic N) is 1. The van der Waals surface area contributed by atoms with E-state index in [2.05, 4.69) is 43.9 Å². The van der Waals surface area contributed by atoms with Gasteiger partial charge in [0.15, 0.2) is 0 Å². The molecular weight excluding hydrogens is 170 g/mol. The van der Waals surface area contributed by atoms with E-state index in [1.807, 2.05) is 0 Å². The maximum atomic E-state index is 2.56. The first-order chi connectivity index (χ1) is 6.74. The van der Waals surface area contributed by atoms with E-state index in [4.69, 9.17) is 0 Å². The lowest BCUT2D eigenvalue weighted by Crippen LogP contribution is -2.30. The van der Waals surface area contributed by atoms with Gasteiger partial charge in [0, 0.05) is 18.3 Å². The van der Waals surface area contributed by atoms with Crippen molar-refractivity contribution in [3.8, 4) is 0 Å². The number of fused-ring (bicyclic) bond motifs is 1. The lowest BCUT2D eigenvalue weighted by molar-refractivity contribution is 0.634. The van der Waals surface area contributed by atoms with Crippen molar-refractivity contribution in [2.45, 2.75) is 39.7 Å². The highest BCUT2D eigenvalue weighted by Crippen LogP contribution is 2.33.